The van der Waals surface area contributed by atoms with Gasteiger partial charge in [-0.1, -0.05) is 54.0 Å². The summed E-state index contributed by atoms with van der Waals surface area (Å²) < 4.78 is 14.8. The summed E-state index contributed by atoms with van der Waals surface area (Å²) >= 11 is 3.32. The fraction of sp³-hybridized carbons (Fsp3) is 0.444. The van der Waals surface area contributed by atoms with Gasteiger partial charge < -0.3 is 20.2 Å². The van der Waals surface area contributed by atoms with Gasteiger partial charge >= 0.3 is 0 Å². The molecular weight excluding hydrogens is 529 g/mol. The number of nitrogens with zero attached hydrogens (tertiary/aromatic N) is 2. The maximum atomic E-state index is 14.3. The van der Waals surface area contributed by atoms with E-state index in [1.807, 2.05) is 26.0 Å². The van der Waals surface area contributed by atoms with Crippen LogP contribution in [0.25, 0.3) is 0 Å². The van der Waals surface area contributed by atoms with E-state index in [1.54, 1.807) is 29.2 Å². The van der Waals surface area contributed by atoms with E-state index in [4.69, 9.17) is 0 Å². The average molecular weight is 558 g/mol. The molecule has 0 aromatic heterocycles. The van der Waals surface area contributed by atoms with Crippen LogP contribution in [0.3, 0.4) is 0 Å². The highest BCUT2D eigenvalue weighted by atomic mass is 79.9. The van der Waals surface area contributed by atoms with Gasteiger partial charge in [0.2, 0.25) is 11.8 Å². The van der Waals surface area contributed by atoms with Crippen LogP contribution in [0.5, 0.6) is 0 Å². The van der Waals surface area contributed by atoms with Gasteiger partial charge in [-0.15, -0.1) is 0 Å². The van der Waals surface area contributed by atoms with Gasteiger partial charge in [0.1, 0.15) is 17.9 Å². The summed E-state index contributed by atoms with van der Waals surface area (Å²) in [6.45, 7) is 4.06. The van der Waals surface area contributed by atoms with Crippen LogP contribution in [0.4, 0.5) is 4.39 Å². The minimum absolute atomic E-state index is 0.0297. The molecule has 36 heavy (non-hydrogen) atoms. The second-order valence-electron chi connectivity index (χ2n) is 10.3. The zero-order chi connectivity index (χ0) is 25.7. The number of fused-ring (bicyclic) bond motifs is 3. The van der Waals surface area contributed by atoms with E-state index in [1.165, 1.54) is 11.0 Å². The molecule has 5 rings (SSSR count). The quantitative estimate of drug-likeness (QED) is 0.570. The molecule has 0 radical (unpaired) electrons. The third kappa shape index (κ3) is 4.12. The van der Waals surface area contributed by atoms with Gasteiger partial charge in [0.05, 0.1) is 12.1 Å². The predicted molar refractivity (Wildman–Crippen MR) is 134 cm³/mol. The van der Waals surface area contributed by atoms with Crippen molar-refractivity contribution < 1.29 is 23.9 Å². The van der Waals surface area contributed by atoms with Gasteiger partial charge in [-0.05, 0) is 48.4 Å². The lowest BCUT2D eigenvalue weighted by atomic mass is 9.93. The Morgan fingerprint density at radius 2 is 1.92 bits per heavy atom. The first-order valence-electron chi connectivity index (χ1n) is 12.3. The van der Waals surface area contributed by atoms with Crippen molar-refractivity contribution >= 4 is 33.7 Å². The van der Waals surface area contributed by atoms with Crippen molar-refractivity contribution in [1.29, 1.82) is 0 Å². The summed E-state index contributed by atoms with van der Waals surface area (Å²) in [5, 5.41) is 13.4. The Balaban J connectivity index is 1.40. The number of hydrogen-bond acceptors (Lipinski definition) is 4. The Bertz CT molecular complexity index is 1200. The molecule has 2 bridgehead atoms. The summed E-state index contributed by atoms with van der Waals surface area (Å²) in [6, 6.07) is 9.88. The molecule has 2 N–H and O–H groups in total. The molecule has 1 saturated carbocycles. The maximum absolute atomic E-state index is 14.3. The van der Waals surface area contributed by atoms with E-state index in [0.29, 0.717) is 35.0 Å². The number of hydrogen-bond donors (Lipinski definition) is 2. The number of aliphatic hydroxyl groups excluding tert-OH is 1. The number of nitrogens with one attached hydrogen (secondary N) is 1. The Morgan fingerprint density at radius 1 is 1.17 bits per heavy atom. The summed E-state index contributed by atoms with van der Waals surface area (Å²) in [6.07, 6.45) is 0.229. The SMILES string of the molecule is CC(C)[C@@H](C(=O)N1C2CC(C[C@@H]2O)[C@@H]1C(=O)NCc1c(F)cccc1Br)N1Cc2ccccc2C1=O. The third-order valence-electron chi connectivity index (χ3n) is 7.73. The number of aliphatic hydroxyl groups is 1. The molecule has 2 unspecified atom stereocenters. The predicted octanol–water partition coefficient (Wildman–Crippen LogP) is 3.24. The molecule has 1 aliphatic carbocycles. The van der Waals surface area contributed by atoms with Crippen LogP contribution in [-0.2, 0) is 22.7 Å². The van der Waals surface area contributed by atoms with Crippen molar-refractivity contribution in [2.24, 2.45) is 11.8 Å². The van der Waals surface area contributed by atoms with Gasteiger partial charge in [-0.25, -0.2) is 4.39 Å². The summed E-state index contributed by atoms with van der Waals surface area (Å²) in [5.74, 6) is -1.75. The van der Waals surface area contributed by atoms with E-state index in [0.717, 1.165) is 5.56 Å². The molecule has 3 amide bonds. The molecular formula is C27H29BrFN3O4. The number of benzene rings is 2. The molecule has 2 aliphatic heterocycles. The van der Waals surface area contributed by atoms with E-state index < -0.39 is 30.0 Å². The molecule has 1 saturated heterocycles. The number of amides is 3. The lowest BCUT2D eigenvalue weighted by Crippen LogP contribution is -2.61. The van der Waals surface area contributed by atoms with Crippen LogP contribution in [0.15, 0.2) is 46.9 Å². The lowest BCUT2D eigenvalue weighted by molar-refractivity contribution is -0.151. The van der Waals surface area contributed by atoms with E-state index >= 15 is 0 Å². The van der Waals surface area contributed by atoms with Gasteiger partial charge in [-0.3, -0.25) is 14.4 Å². The molecule has 2 fully saturated rings. The molecule has 3 aliphatic rings. The van der Waals surface area contributed by atoms with Crippen LogP contribution < -0.4 is 5.32 Å². The normalized spacial score (nSPS) is 25.4. The highest BCUT2D eigenvalue weighted by Gasteiger charge is 2.57. The fourth-order valence-electron chi connectivity index (χ4n) is 6.08. The molecule has 2 heterocycles. The standard InChI is InChI=1S/C27H29BrFN3O4/c1-14(2)23(31-13-15-6-3-4-7-17(15)26(31)35)27(36)32-21-10-16(11-22(21)33)24(32)25(34)30-12-18-19(28)8-5-9-20(18)29/h3-9,14,16,21-24,33H,10-13H2,1-2H3,(H,30,34)/t16?,21?,22-,23-,24+/m0/s1. The van der Waals surface area contributed by atoms with Crippen LogP contribution in [0, 0.1) is 17.7 Å². The number of rotatable bonds is 6. The second-order valence-corrected chi connectivity index (χ2v) is 11.1. The first-order chi connectivity index (χ1) is 17.2. The number of carbonyl (C=O) groups is 3. The third-order valence-corrected chi connectivity index (χ3v) is 8.47. The van der Waals surface area contributed by atoms with Crippen molar-refractivity contribution in [2.45, 2.75) is 64.0 Å². The van der Waals surface area contributed by atoms with Crippen LogP contribution in [-0.4, -0.2) is 56.9 Å². The van der Waals surface area contributed by atoms with Crippen molar-refractivity contribution in [1.82, 2.24) is 15.1 Å². The Hall–Kier alpha value is -2.78. The molecule has 190 valence electrons. The van der Waals surface area contributed by atoms with Crippen molar-refractivity contribution in [2.75, 3.05) is 0 Å². The molecule has 2 aromatic carbocycles. The van der Waals surface area contributed by atoms with Crippen LogP contribution >= 0.6 is 15.9 Å². The van der Waals surface area contributed by atoms with E-state index in [-0.39, 0.29) is 36.1 Å². The maximum Gasteiger partial charge on any atom is 0.255 e. The lowest BCUT2D eigenvalue weighted by Gasteiger charge is -2.41. The average Bonchev–Trinajstić information content (AvgIpc) is 3.49. The summed E-state index contributed by atoms with van der Waals surface area (Å²) in [7, 11) is 0. The fourth-order valence-corrected chi connectivity index (χ4v) is 6.56. The number of likely N-dealkylation sites (tertiary alicyclic amines) is 1. The monoisotopic (exact) mass is 557 g/mol. The minimum Gasteiger partial charge on any atom is -0.391 e. The molecule has 0 spiro atoms. The van der Waals surface area contributed by atoms with Gasteiger partial charge in [0.15, 0.2) is 0 Å². The van der Waals surface area contributed by atoms with Gasteiger partial charge in [0.25, 0.3) is 5.91 Å². The Labute approximate surface area is 217 Å². The molecule has 7 nitrogen and oxygen atoms in total. The molecule has 9 heteroatoms. The van der Waals surface area contributed by atoms with Crippen molar-refractivity contribution in [3.63, 3.8) is 0 Å². The van der Waals surface area contributed by atoms with Gasteiger partial charge in [0, 0.05) is 28.7 Å². The first-order valence-corrected chi connectivity index (χ1v) is 13.1. The largest absolute Gasteiger partial charge is 0.391 e. The molecule has 2 aromatic rings. The van der Waals surface area contributed by atoms with Gasteiger partial charge in [-0.2, -0.15) is 0 Å². The van der Waals surface area contributed by atoms with E-state index in [9.17, 15) is 23.9 Å². The topological polar surface area (TPSA) is 89.9 Å². The summed E-state index contributed by atoms with van der Waals surface area (Å²) in [5.41, 5.74) is 1.78. The Kier molecular flexibility index (Phi) is 6.63. The van der Waals surface area contributed by atoms with Crippen molar-refractivity contribution in [3.05, 3.63) is 69.4 Å². The van der Waals surface area contributed by atoms with Crippen LogP contribution in [0.2, 0.25) is 0 Å². The molecule has 5 atom stereocenters. The highest BCUT2D eigenvalue weighted by molar-refractivity contribution is 9.10. The zero-order valence-corrected chi connectivity index (χ0v) is 21.7. The summed E-state index contributed by atoms with van der Waals surface area (Å²) in [4.78, 5) is 43.8. The Morgan fingerprint density at radius 3 is 2.61 bits per heavy atom. The first kappa shape index (κ1) is 24.9. The minimum atomic E-state index is -0.780. The second kappa shape index (κ2) is 9.59. The van der Waals surface area contributed by atoms with E-state index in [2.05, 4.69) is 21.2 Å². The number of carbonyl (C=O) groups excluding carboxylic acids is 3. The number of halogens is 2. The highest BCUT2D eigenvalue weighted by Crippen LogP contribution is 2.44. The van der Waals surface area contributed by atoms with Crippen LogP contribution in [0.1, 0.15) is 48.2 Å². The number of piperidine rings is 1. The van der Waals surface area contributed by atoms with Crippen molar-refractivity contribution in [3.8, 4) is 0 Å². The smallest absolute Gasteiger partial charge is 0.255 e. The zero-order valence-electron chi connectivity index (χ0n) is 20.2.